The maximum absolute atomic E-state index is 13.7. The number of ether oxygens (including phenoxy) is 1. The van der Waals surface area contributed by atoms with E-state index < -0.39 is 0 Å². The highest BCUT2D eigenvalue weighted by atomic mass is 32.1. The maximum Gasteiger partial charge on any atom is 0.265 e. The fraction of sp³-hybridized carbons (Fsp3) is 0.474. The molecule has 2 heterocycles. The van der Waals surface area contributed by atoms with Gasteiger partial charge in [0.25, 0.3) is 5.91 Å². The van der Waals surface area contributed by atoms with Gasteiger partial charge in [-0.25, -0.2) is 9.37 Å². The van der Waals surface area contributed by atoms with Gasteiger partial charge < -0.3 is 15.0 Å². The number of carbonyl (C=O) groups excluding carboxylic acids is 1. The number of rotatable bonds is 6. The van der Waals surface area contributed by atoms with Gasteiger partial charge >= 0.3 is 0 Å². The van der Waals surface area contributed by atoms with Crippen molar-refractivity contribution in [1.82, 2.24) is 9.88 Å². The van der Waals surface area contributed by atoms with Crippen molar-refractivity contribution in [3.8, 4) is 5.75 Å². The molecule has 26 heavy (non-hydrogen) atoms. The SMILES string of the molecule is CCNc1nc(C)c(C(=O)N2CCC[C@@H](COc3ccccc3F)C2)s1. The third kappa shape index (κ3) is 4.33. The molecule has 0 spiro atoms. The zero-order chi connectivity index (χ0) is 18.5. The predicted molar refractivity (Wildman–Crippen MR) is 102 cm³/mol. The average molecular weight is 377 g/mol. The van der Waals surface area contributed by atoms with Crippen molar-refractivity contribution in [3.63, 3.8) is 0 Å². The smallest absolute Gasteiger partial charge is 0.265 e. The molecule has 3 rings (SSSR count). The molecule has 1 aromatic carbocycles. The fourth-order valence-corrected chi connectivity index (χ4v) is 4.12. The molecule has 1 atom stereocenters. The molecule has 0 unspecified atom stereocenters. The van der Waals surface area contributed by atoms with Crippen molar-refractivity contribution in [3.05, 3.63) is 40.7 Å². The summed E-state index contributed by atoms with van der Waals surface area (Å²) in [5, 5.41) is 3.94. The Hall–Kier alpha value is -2.15. The van der Waals surface area contributed by atoms with Crippen LogP contribution in [0.3, 0.4) is 0 Å². The molecule has 1 fully saturated rings. The highest BCUT2D eigenvalue weighted by molar-refractivity contribution is 7.17. The summed E-state index contributed by atoms with van der Waals surface area (Å²) in [7, 11) is 0. The summed E-state index contributed by atoms with van der Waals surface area (Å²) in [5.74, 6) is 0.144. The second kappa shape index (κ2) is 8.49. The normalized spacial score (nSPS) is 17.2. The number of nitrogens with one attached hydrogen (secondary N) is 1. The number of carbonyl (C=O) groups is 1. The monoisotopic (exact) mass is 377 g/mol. The molecule has 0 bridgehead atoms. The Morgan fingerprint density at radius 3 is 3.04 bits per heavy atom. The average Bonchev–Trinajstić information content (AvgIpc) is 3.01. The van der Waals surface area contributed by atoms with E-state index in [-0.39, 0.29) is 23.4 Å². The van der Waals surface area contributed by atoms with E-state index in [1.165, 1.54) is 17.4 Å². The number of thiazole rings is 1. The predicted octanol–water partition coefficient (Wildman–Crippen LogP) is 3.95. The first-order valence-electron chi connectivity index (χ1n) is 8.96. The van der Waals surface area contributed by atoms with Crippen LogP contribution in [0.1, 0.15) is 35.1 Å². The van der Waals surface area contributed by atoms with E-state index in [4.69, 9.17) is 4.74 Å². The second-order valence-corrected chi connectivity index (χ2v) is 7.46. The molecule has 140 valence electrons. The Labute approximate surface area is 157 Å². The highest BCUT2D eigenvalue weighted by Gasteiger charge is 2.27. The topological polar surface area (TPSA) is 54.5 Å². The maximum atomic E-state index is 13.7. The summed E-state index contributed by atoms with van der Waals surface area (Å²) in [4.78, 5) is 19.9. The molecular weight excluding hydrogens is 353 g/mol. The summed E-state index contributed by atoms with van der Waals surface area (Å²) >= 11 is 1.40. The number of halogens is 1. The van der Waals surface area contributed by atoms with Crippen LogP contribution >= 0.6 is 11.3 Å². The lowest BCUT2D eigenvalue weighted by Gasteiger charge is -2.32. The summed E-state index contributed by atoms with van der Waals surface area (Å²) in [6.07, 6.45) is 1.90. The Kier molecular flexibility index (Phi) is 6.08. The quantitative estimate of drug-likeness (QED) is 0.828. The number of para-hydroxylation sites is 1. The standard InChI is InChI=1S/C19H24FN3O2S/c1-3-21-19-22-13(2)17(26-19)18(24)23-10-6-7-14(11-23)12-25-16-9-5-4-8-15(16)20/h4-5,8-9,14H,3,6-7,10-12H2,1-2H3,(H,21,22)/t14-/m1/s1. The minimum Gasteiger partial charge on any atom is -0.490 e. The molecular formula is C19H24FN3O2S. The number of nitrogens with zero attached hydrogens (tertiary/aromatic N) is 2. The molecule has 1 aromatic heterocycles. The Morgan fingerprint density at radius 2 is 2.27 bits per heavy atom. The number of aromatic nitrogens is 1. The Morgan fingerprint density at radius 1 is 1.46 bits per heavy atom. The molecule has 1 amide bonds. The number of amides is 1. The van der Waals surface area contributed by atoms with Gasteiger partial charge in [-0.15, -0.1) is 0 Å². The van der Waals surface area contributed by atoms with Crippen LogP contribution < -0.4 is 10.1 Å². The van der Waals surface area contributed by atoms with Gasteiger partial charge in [0.1, 0.15) is 4.88 Å². The Balaban J connectivity index is 1.61. The van der Waals surface area contributed by atoms with Crippen LogP contribution in [-0.4, -0.2) is 42.0 Å². The number of hydrogen-bond acceptors (Lipinski definition) is 5. The van der Waals surface area contributed by atoms with Gasteiger partial charge in [0.15, 0.2) is 16.7 Å². The number of hydrogen-bond donors (Lipinski definition) is 1. The zero-order valence-corrected chi connectivity index (χ0v) is 15.9. The Bertz CT molecular complexity index is 765. The molecule has 0 radical (unpaired) electrons. The number of piperidine rings is 1. The van der Waals surface area contributed by atoms with E-state index in [1.54, 1.807) is 18.2 Å². The lowest BCUT2D eigenvalue weighted by molar-refractivity contribution is 0.0635. The van der Waals surface area contributed by atoms with E-state index in [0.717, 1.165) is 36.8 Å². The van der Waals surface area contributed by atoms with Crippen molar-refractivity contribution in [1.29, 1.82) is 0 Å². The van der Waals surface area contributed by atoms with Crippen molar-refractivity contribution in [2.75, 3.05) is 31.6 Å². The summed E-state index contributed by atoms with van der Waals surface area (Å²) in [6.45, 7) is 6.43. The van der Waals surface area contributed by atoms with Crippen molar-refractivity contribution < 1.29 is 13.9 Å². The third-order valence-electron chi connectivity index (χ3n) is 4.44. The number of aryl methyl sites for hydroxylation is 1. The third-order valence-corrected chi connectivity index (χ3v) is 5.54. The first-order valence-corrected chi connectivity index (χ1v) is 9.78. The zero-order valence-electron chi connectivity index (χ0n) is 15.1. The molecule has 0 aliphatic carbocycles. The first kappa shape index (κ1) is 18.6. The molecule has 1 aliphatic heterocycles. The van der Waals surface area contributed by atoms with E-state index in [2.05, 4.69) is 10.3 Å². The van der Waals surface area contributed by atoms with Gasteiger partial charge in [-0.3, -0.25) is 4.79 Å². The minimum atomic E-state index is -0.354. The van der Waals surface area contributed by atoms with Crippen LogP contribution in [0.15, 0.2) is 24.3 Å². The molecule has 5 nitrogen and oxygen atoms in total. The van der Waals surface area contributed by atoms with E-state index in [0.29, 0.717) is 18.0 Å². The molecule has 1 N–H and O–H groups in total. The van der Waals surface area contributed by atoms with Crippen LogP contribution in [0.25, 0.3) is 0 Å². The van der Waals surface area contributed by atoms with Crippen LogP contribution in [-0.2, 0) is 0 Å². The van der Waals surface area contributed by atoms with Crippen LogP contribution in [0, 0.1) is 18.7 Å². The van der Waals surface area contributed by atoms with Crippen LogP contribution in [0.4, 0.5) is 9.52 Å². The van der Waals surface area contributed by atoms with Gasteiger partial charge in [-0.05, 0) is 38.8 Å². The number of anilines is 1. The first-order chi connectivity index (χ1) is 12.6. The van der Waals surface area contributed by atoms with Crippen molar-refractivity contribution in [2.24, 2.45) is 5.92 Å². The van der Waals surface area contributed by atoms with Gasteiger partial charge in [-0.2, -0.15) is 0 Å². The molecule has 2 aromatic rings. The van der Waals surface area contributed by atoms with Gasteiger partial charge in [0.05, 0.1) is 12.3 Å². The molecule has 0 saturated carbocycles. The molecule has 1 aliphatic rings. The van der Waals surface area contributed by atoms with Crippen molar-refractivity contribution in [2.45, 2.75) is 26.7 Å². The minimum absolute atomic E-state index is 0.0275. The van der Waals surface area contributed by atoms with Gasteiger partial charge in [0, 0.05) is 25.6 Å². The molecule has 7 heteroatoms. The van der Waals surface area contributed by atoms with E-state index >= 15 is 0 Å². The fourth-order valence-electron chi connectivity index (χ4n) is 3.12. The lowest BCUT2D eigenvalue weighted by Crippen LogP contribution is -2.41. The highest BCUT2D eigenvalue weighted by Crippen LogP contribution is 2.27. The lowest BCUT2D eigenvalue weighted by atomic mass is 9.98. The largest absolute Gasteiger partial charge is 0.490 e. The second-order valence-electron chi connectivity index (χ2n) is 6.46. The van der Waals surface area contributed by atoms with Gasteiger partial charge in [-0.1, -0.05) is 23.5 Å². The summed E-state index contributed by atoms with van der Waals surface area (Å²) in [5.41, 5.74) is 0.765. The van der Waals surface area contributed by atoms with Crippen LogP contribution in [0.5, 0.6) is 5.75 Å². The summed E-state index contributed by atoms with van der Waals surface area (Å²) < 4.78 is 19.3. The van der Waals surface area contributed by atoms with E-state index in [1.807, 2.05) is 18.7 Å². The number of benzene rings is 1. The van der Waals surface area contributed by atoms with Gasteiger partial charge in [0.2, 0.25) is 0 Å². The van der Waals surface area contributed by atoms with Crippen molar-refractivity contribution >= 4 is 22.4 Å². The summed E-state index contributed by atoms with van der Waals surface area (Å²) in [6, 6.07) is 6.41. The van der Waals surface area contributed by atoms with E-state index in [9.17, 15) is 9.18 Å². The van der Waals surface area contributed by atoms with Crippen LogP contribution in [0.2, 0.25) is 0 Å². The molecule has 1 saturated heterocycles. The number of likely N-dealkylation sites (tertiary alicyclic amines) is 1.